The summed E-state index contributed by atoms with van der Waals surface area (Å²) >= 11 is 1.61. The molecular weight excluding hydrogens is 298 g/mol. The SMILES string of the molecule is CCCn1c(=O)c2[nH]c(-c3cccs3)cc2n(CCC)c1=O. The molecule has 0 unspecified atom stereocenters. The Hall–Kier alpha value is -2.08. The first kappa shape index (κ1) is 14.8. The predicted octanol–water partition coefficient (Wildman–Crippen LogP) is 3.04. The first-order valence-corrected chi connectivity index (χ1v) is 8.45. The minimum atomic E-state index is -0.225. The Morgan fingerprint density at radius 3 is 2.50 bits per heavy atom. The number of nitrogens with zero attached hydrogens (tertiary/aromatic N) is 2. The van der Waals surface area contributed by atoms with Crippen LogP contribution in [0.2, 0.25) is 0 Å². The van der Waals surface area contributed by atoms with Crippen LogP contribution in [-0.2, 0) is 13.1 Å². The topological polar surface area (TPSA) is 59.8 Å². The number of rotatable bonds is 5. The van der Waals surface area contributed by atoms with Gasteiger partial charge in [0.1, 0.15) is 5.52 Å². The fourth-order valence-electron chi connectivity index (χ4n) is 2.72. The number of hydrogen-bond acceptors (Lipinski definition) is 3. The zero-order valence-corrected chi connectivity index (χ0v) is 13.6. The molecule has 22 heavy (non-hydrogen) atoms. The second-order valence-corrected chi connectivity index (χ2v) is 6.26. The normalized spacial score (nSPS) is 11.4. The molecule has 0 saturated carbocycles. The van der Waals surface area contributed by atoms with Crippen molar-refractivity contribution in [1.82, 2.24) is 14.1 Å². The summed E-state index contributed by atoms with van der Waals surface area (Å²) in [5.74, 6) is 0. The fraction of sp³-hybridized carbons (Fsp3) is 0.375. The van der Waals surface area contributed by atoms with Crippen molar-refractivity contribution in [1.29, 1.82) is 0 Å². The van der Waals surface area contributed by atoms with Crippen LogP contribution in [-0.4, -0.2) is 14.1 Å². The molecule has 0 saturated heterocycles. The molecule has 0 fully saturated rings. The lowest BCUT2D eigenvalue weighted by Crippen LogP contribution is -2.39. The van der Waals surface area contributed by atoms with E-state index in [2.05, 4.69) is 4.98 Å². The summed E-state index contributed by atoms with van der Waals surface area (Å²) in [5, 5.41) is 2.00. The summed E-state index contributed by atoms with van der Waals surface area (Å²) in [6.45, 7) is 5.05. The van der Waals surface area contributed by atoms with Gasteiger partial charge in [-0.25, -0.2) is 4.79 Å². The maximum Gasteiger partial charge on any atom is 0.331 e. The van der Waals surface area contributed by atoms with Gasteiger partial charge in [0.2, 0.25) is 0 Å². The molecule has 0 aromatic carbocycles. The summed E-state index contributed by atoms with van der Waals surface area (Å²) in [4.78, 5) is 29.5. The van der Waals surface area contributed by atoms with Gasteiger partial charge in [0, 0.05) is 13.1 Å². The van der Waals surface area contributed by atoms with Crippen molar-refractivity contribution in [3.63, 3.8) is 0 Å². The lowest BCUT2D eigenvalue weighted by molar-refractivity contribution is 0.558. The van der Waals surface area contributed by atoms with Gasteiger partial charge >= 0.3 is 5.69 Å². The standard InChI is InChI=1S/C16H19N3O2S/c1-3-7-18-12-10-11(13-6-5-9-22-13)17-14(12)15(20)19(8-4-2)16(18)21/h5-6,9-10,17H,3-4,7-8H2,1-2H3. The quantitative estimate of drug-likeness (QED) is 0.786. The second kappa shape index (κ2) is 5.96. The first-order valence-electron chi connectivity index (χ1n) is 7.57. The second-order valence-electron chi connectivity index (χ2n) is 5.31. The van der Waals surface area contributed by atoms with E-state index in [1.54, 1.807) is 15.9 Å². The van der Waals surface area contributed by atoms with E-state index in [0.29, 0.717) is 24.1 Å². The van der Waals surface area contributed by atoms with E-state index in [4.69, 9.17) is 0 Å². The Morgan fingerprint density at radius 2 is 1.86 bits per heavy atom. The number of aromatic amines is 1. The van der Waals surface area contributed by atoms with E-state index >= 15 is 0 Å². The predicted molar refractivity (Wildman–Crippen MR) is 90.7 cm³/mol. The highest BCUT2D eigenvalue weighted by molar-refractivity contribution is 7.13. The maximum atomic E-state index is 12.6. The van der Waals surface area contributed by atoms with Gasteiger partial charge in [0.05, 0.1) is 16.1 Å². The van der Waals surface area contributed by atoms with E-state index in [0.717, 1.165) is 23.4 Å². The number of fused-ring (bicyclic) bond motifs is 1. The Balaban J connectivity index is 2.33. The summed E-state index contributed by atoms with van der Waals surface area (Å²) in [6, 6.07) is 5.89. The van der Waals surface area contributed by atoms with Crippen LogP contribution in [0, 0.1) is 0 Å². The van der Waals surface area contributed by atoms with Crippen LogP contribution in [0.25, 0.3) is 21.6 Å². The molecule has 1 N–H and O–H groups in total. The van der Waals surface area contributed by atoms with Crippen molar-refractivity contribution in [2.45, 2.75) is 39.8 Å². The molecule has 3 heterocycles. The Labute approximate surface area is 131 Å². The lowest BCUT2D eigenvalue weighted by Gasteiger charge is -2.10. The molecule has 0 atom stereocenters. The Morgan fingerprint density at radius 1 is 1.14 bits per heavy atom. The van der Waals surface area contributed by atoms with Gasteiger partial charge in [-0.15, -0.1) is 11.3 Å². The molecule has 3 rings (SSSR count). The van der Waals surface area contributed by atoms with Gasteiger partial charge in [-0.2, -0.15) is 0 Å². The summed E-state index contributed by atoms with van der Waals surface area (Å²) in [6.07, 6.45) is 1.60. The van der Waals surface area contributed by atoms with Crippen LogP contribution < -0.4 is 11.2 Å². The van der Waals surface area contributed by atoms with Gasteiger partial charge in [-0.1, -0.05) is 19.9 Å². The molecule has 0 radical (unpaired) electrons. The average molecular weight is 317 g/mol. The molecule has 0 aliphatic heterocycles. The molecule has 0 bridgehead atoms. The third-order valence-electron chi connectivity index (χ3n) is 3.69. The molecule has 0 amide bonds. The molecule has 0 aliphatic carbocycles. The third-order valence-corrected chi connectivity index (χ3v) is 4.59. The summed E-state index contributed by atoms with van der Waals surface area (Å²) < 4.78 is 3.05. The van der Waals surface area contributed by atoms with E-state index in [1.165, 1.54) is 4.57 Å². The molecular formula is C16H19N3O2S. The number of H-pyrrole nitrogens is 1. The van der Waals surface area contributed by atoms with Crippen molar-refractivity contribution < 1.29 is 0 Å². The van der Waals surface area contributed by atoms with E-state index in [-0.39, 0.29) is 11.2 Å². The van der Waals surface area contributed by atoms with Crippen molar-refractivity contribution in [2.24, 2.45) is 0 Å². The summed E-state index contributed by atoms with van der Waals surface area (Å²) in [5.41, 5.74) is 1.67. The van der Waals surface area contributed by atoms with Gasteiger partial charge < -0.3 is 4.98 Å². The maximum absolute atomic E-state index is 12.6. The fourth-order valence-corrected chi connectivity index (χ4v) is 3.41. The minimum absolute atomic E-state index is 0.210. The number of thiophene rings is 1. The highest BCUT2D eigenvalue weighted by atomic mass is 32.1. The van der Waals surface area contributed by atoms with Crippen LogP contribution >= 0.6 is 11.3 Å². The lowest BCUT2D eigenvalue weighted by atomic mass is 10.3. The van der Waals surface area contributed by atoms with E-state index < -0.39 is 0 Å². The monoisotopic (exact) mass is 317 g/mol. The smallest absolute Gasteiger partial charge is 0.331 e. The van der Waals surface area contributed by atoms with Crippen molar-refractivity contribution in [3.8, 4) is 10.6 Å². The zero-order chi connectivity index (χ0) is 15.7. The Kier molecular flexibility index (Phi) is 4.02. The molecule has 3 aromatic heterocycles. The molecule has 0 aliphatic rings. The van der Waals surface area contributed by atoms with E-state index in [9.17, 15) is 9.59 Å². The Bertz CT molecular complexity index is 900. The van der Waals surface area contributed by atoms with Gasteiger partial charge in [0.15, 0.2) is 0 Å². The molecule has 0 spiro atoms. The zero-order valence-electron chi connectivity index (χ0n) is 12.8. The van der Waals surface area contributed by atoms with Crippen LogP contribution in [0.15, 0.2) is 33.2 Å². The highest BCUT2D eigenvalue weighted by Gasteiger charge is 2.15. The van der Waals surface area contributed by atoms with Crippen molar-refractivity contribution in [3.05, 3.63) is 44.4 Å². The molecule has 5 nitrogen and oxygen atoms in total. The number of nitrogens with one attached hydrogen (secondary N) is 1. The van der Waals surface area contributed by atoms with Gasteiger partial charge in [-0.05, 0) is 30.4 Å². The van der Waals surface area contributed by atoms with Crippen molar-refractivity contribution in [2.75, 3.05) is 0 Å². The first-order chi connectivity index (χ1) is 10.7. The largest absolute Gasteiger partial charge is 0.348 e. The van der Waals surface area contributed by atoms with Crippen LogP contribution in [0.1, 0.15) is 26.7 Å². The van der Waals surface area contributed by atoms with Crippen LogP contribution in [0.5, 0.6) is 0 Å². The summed E-state index contributed by atoms with van der Waals surface area (Å²) in [7, 11) is 0. The third kappa shape index (κ3) is 2.33. The van der Waals surface area contributed by atoms with Crippen LogP contribution in [0.3, 0.4) is 0 Å². The number of hydrogen-bond donors (Lipinski definition) is 1. The number of aryl methyl sites for hydroxylation is 1. The van der Waals surface area contributed by atoms with Crippen molar-refractivity contribution >= 4 is 22.4 Å². The highest BCUT2D eigenvalue weighted by Crippen LogP contribution is 2.26. The van der Waals surface area contributed by atoms with E-state index in [1.807, 2.05) is 37.4 Å². The average Bonchev–Trinajstić information content (AvgIpc) is 3.16. The van der Waals surface area contributed by atoms with Crippen LogP contribution in [0.4, 0.5) is 0 Å². The number of aromatic nitrogens is 3. The molecule has 3 aromatic rings. The molecule has 116 valence electrons. The molecule has 6 heteroatoms. The minimum Gasteiger partial charge on any atom is -0.348 e. The van der Waals surface area contributed by atoms with Gasteiger partial charge in [0.25, 0.3) is 5.56 Å². The van der Waals surface area contributed by atoms with Gasteiger partial charge in [-0.3, -0.25) is 13.9 Å².